The first-order valence-corrected chi connectivity index (χ1v) is 22.7. The van der Waals surface area contributed by atoms with Gasteiger partial charge in [-0.1, -0.05) is 182 Å². The predicted octanol–water partition coefficient (Wildman–Crippen LogP) is 18.2. The molecule has 2 nitrogen and oxygen atoms in total. The third-order valence-corrected chi connectivity index (χ3v) is 13.0. The Hall–Kier alpha value is -8.72. The Morgan fingerprint density at radius 2 is 0.500 bits per heavy atom. The van der Waals surface area contributed by atoms with Crippen molar-refractivity contribution in [2.24, 2.45) is 0 Å². The highest BCUT2D eigenvalue weighted by molar-refractivity contribution is 6.16. The van der Waals surface area contributed by atoms with Gasteiger partial charge in [-0.15, -0.1) is 0 Å². The summed E-state index contributed by atoms with van der Waals surface area (Å²) in [6.45, 7) is 0. The van der Waals surface area contributed by atoms with Gasteiger partial charge >= 0.3 is 0 Å². The van der Waals surface area contributed by atoms with Gasteiger partial charge in [-0.25, -0.2) is 0 Å². The molecule has 0 aliphatic heterocycles. The molecule has 0 N–H and O–H groups in total. The van der Waals surface area contributed by atoms with E-state index in [2.05, 4.69) is 277 Å². The summed E-state index contributed by atoms with van der Waals surface area (Å²) < 4.78 is 0. The van der Waals surface area contributed by atoms with E-state index in [-0.39, 0.29) is 0 Å². The molecule has 0 radical (unpaired) electrons. The first-order chi connectivity index (χ1) is 32.7. The monoisotopic (exact) mass is 840 g/mol. The molecule has 0 saturated carbocycles. The Morgan fingerprint density at radius 3 is 0.894 bits per heavy atom. The van der Waals surface area contributed by atoms with Crippen molar-refractivity contribution in [3.05, 3.63) is 267 Å². The van der Waals surface area contributed by atoms with Crippen molar-refractivity contribution in [2.45, 2.75) is 0 Å². The molecular weight excluding hydrogens is 797 g/mol. The second-order valence-electron chi connectivity index (χ2n) is 16.9. The van der Waals surface area contributed by atoms with E-state index in [0.29, 0.717) is 0 Å². The van der Waals surface area contributed by atoms with Crippen LogP contribution < -0.4 is 9.80 Å². The molecule has 0 spiro atoms. The molecule has 2 heteroatoms. The van der Waals surface area contributed by atoms with E-state index in [1.54, 1.807) is 0 Å². The summed E-state index contributed by atoms with van der Waals surface area (Å²) in [6.07, 6.45) is 0. The lowest BCUT2D eigenvalue weighted by Crippen LogP contribution is -2.10. The van der Waals surface area contributed by atoms with Crippen LogP contribution >= 0.6 is 0 Å². The third-order valence-electron chi connectivity index (χ3n) is 13.0. The maximum absolute atomic E-state index is 2.36. The zero-order chi connectivity index (χ0) is 43.8. The average molecular weight is 841 g/mol. The number of anilines is 6. The van der Waals surface area contributed by atoms with Crippen molar-refractivity contribution in [2.75, 3.05) is 9.80 Å². The number of benzene rings is 12. The summed E-state index contributed by atoms with van der Waals surface area (Å²) in [6, 6.07) is 96.8. The van der Waals surface area contributed by atoms with Crippen molar-refractivity contribution in [3.63, 3.8) is 0 Å². The van der Waals surface area contributed by atoms with Gasteiger partial charge in [-0.05, 0) is 161 Å². The quantitative estimate of drug-likeness (QED) is 0.134. The average Bonchev–Trinajstić information content (AvgIpc) is 3.40. The highest BCUT2D eigenvalue weighted by atomic mass is 15.1. The first kappa shape index (κ1) is 38.9. The summed E-state index contributed by atoms with van der Waals surface area (Å²) in [5, 5.41) is 9.97. The van der Waals surface area contributed by atoms with Gasteiger partial charge in [0.2, 0.25) is 0 Å². The largest absolute Gasteiger partial charge is 0.310 e. The van der Waals surface area contributed by atoms with Crippen LogP contribution in [0.2, 0.25) is 0 Å². The summed E-state index contributed by atoms with van der Waals surface area (Å²) in [5.74, 6) is 0. The number of nitrogens with zero attached hydrogens (tertiary/aromatic N) is 2. The Labute approximate surface area is 385 Å². The van der Waals surface area contributed by atoms with Crippen LogP contribution in [0.15, 0.2) is 267 Å². The zero-order valence-electron chi connectivity index (χ0n) is 36.3. The van der Waals surface area contributed by atoms with Gasteiger partial charge in [0, 0.05) is 34.1 Å². The van der Waals surface area contributed by atoms with Crippen LogP contribution in [-0.2, 0) is 0 Å². The standard InChI is InChI=1S/C64H44N2/c1-5-17-47(18-6-1)61-41-49-21-13-15-27-57(49)59-39-37-55(43-63(59)61)65(51-23-9-3-10-24-51)53-33-29-45(30-34-53)46-31-35-54(36-32-46)66(52-25-11-4-12-26-52)56-38-40-60-58-28-16-14-22-50(58)42-62(64(60)44-56)48-19-7-2-8-20-48/h1-44H. The molecule has 0 unspecified atom stereocenters. The van der Waals surface area contributed by atoms with Crippen LogP contribution in [-0.4, -0.2) is 0 Å². The van der Waals surface area contributed by atoms with Gasteiger partial charge in [0.15, 0.2) is 0 Å². The second kappa shape index (κ2) is 16.8. The normalized spacial score (nSPS) is 11.3. The van der Waals surface area contributed by atoms with E-state index in [1.807, 2.05) is 0 Å². The fraction of sp³-hybridized carbons (Fsp3) is 0. The van der Waals surface area contributed by atoms with Crippen LogP contribution in [0.4, 0.5) is 34.1 Å². The lowest BCUT2D eigenvalue weighted by molar-refractivity contribution is 1.28. The predicted molar refractivity (Wildman–Crippen MR) is 282 cm³/mol. The van der Waals surface area contributed by atoms with Gasteiger partial charge in [0.1, 0.15) is 0 Å². The second-order valence-corrected chi connectivity index (χ2v) is 16.9. The van der Waals surface area contributed by atoms with E-state index < -0.39 is 0 Å². The van der Waals surface area contributed by atoms with Crippen molar-refractivity contribution >= 4 is 77.2 Å². The molecule has 0 heterocycles. The molecule has 12 rings (SSSR count). The molecule has 0 fully saturated rings. The highest BCUT2D eigenvalue weighted by Gasteiger charge is 2.18. The Bertz CT molecular complexity index is 3410. The minimum atomic E-state index is 1.09. The summed E-state index contributed by atoms with van der Waals surface area (Å²) in [7, 11) is 0. The fourth-order valence-corrected chi connectivity index (χ4v) is 9.83. The van der Waals surface area contributed by atoms with Gasteiger partial charge in [-0.2, -0.15) is 0 Å². The van der Waals surface area contributed by atoms with Crippen LogP contribution in [0.25, 0.3) is 76.5 Å². The number of hydrogen-bond acceptors (Lipinski definition) is 2. The van der Waals surface area contributed by atoms with Gasteiger partial charge in [-0.3, -0.25) is 0 Å². The molecule has 0 aliphatic rings. The lowest BCUT2D eigenvalue weighted by Gasteiger charge is -2.27. The molecule has 0 atom stereocenters. The molecule has 12 aromatic rings. The van der Waals surface area contributed by atoms with E-state index in [4.69, 9.17) is 0 Å². The van der Waals surface area contributed by atoms with Crippen molar-refractivity contribution in [3.8, 4) is 33.4 Å². The van der Waals surface area contributed by atoms with E-state index in [0.717, 1.165) is 45.3 Å². The van der Waals surface area contributed by atoms with Gasteiger partial charge in [0.05, 0.1) is 0 Å². The minimum absolute atomic E-state index is 1.09. The molecule has 0 bridgehead atoms. The molecular formula is C64H44N2. The smallest absolute Gasteiger partial charge is 0.0468 e. The van der Waals surface area contributed by atoms with Crippen LogP contribution in [0, 0.1) is 0 Å². The number of hydrogen-bond donors (Lipinski definition) is 0. The van der Waals surface area contributed by atoms with Crippen LogP contribution in [0.5, 0.6) is 0 Å². The van der Waals surface area contributed by atoms with Gasteiger partial charge < -0.3 is 9.80 Å². The van der Waals surface area contributed by atoms with Crippen LogP contribution in [0.3, 0.4) is 0 Å². The Kier molecular flexibility index (Phi) is 9.89. The minimum Gasteiger partial charge on any atom is -0.310 e. The number of rotatable bonds is 9. The van der Waals surface area contributed by atoms with Crippen molar-refractivity contribution < 1.29 is 0 Å². The maximum Gasteiger partial charge on any atom is 0.0468 e. The summed E-state index contributed by atoms with van der Waals surface area (Å²) >= 11 is 0. The molecule has 12 aromatic carbocycles. The van der Waals surface area contributed by atoms with Crippen LogP contribution in [0.1, 0.15) is 0 Å². The first-order valence-electron chi connectivity index (χ1n) is 22.7. The third kappa shape index (κ3) is 7.12. The fourth-order valence-electron chi connectivity index (χ4n) is 9.83. The van der Waals surface area contributed by atoms with E-state index >= 15 is 0 Å². The SMILES string of the molecule is c1ccc(-c2cc3ccccc3c3ccc(N(c4ccccc4)c4ccc(-c5ccc(N(c6ccccc6)c6ccc7c(c6)c(-c6ccccc6)cc6ccccc67)cc5)cc4)cc23)cc1. The number of fused-ring (bicyclic) bond motifs is 6. The highest BCUT2D eigenvalue weighted by Crippen LogP contribution is 2.44. The summed E-state index contributed by atoms with van der Waals surface area (Å²) in [4.78, 5) is 4.73. The summed E-state index contributed by atoms with van der Waals surface area (Å²) in [5.41, 5.74) is 13.8. The van der Waals surface area contributed by atoms with Crippen molar-refractivity contribution in [1.82, 2.24) is 0 Å². The Balaban J connectivity index is 0.917. The lowest BCUT2D eigenvalue weighted by atomic mass is 9.92. The van der Waals surface area contributed by atoms with Gasteiger partial charge in [0.25, 0.3) is 0 Å². The Morgan fingerprint density at radius 1 is 0.182 bits per heavy atom. The molecule has 310 valence electrons. The number of para-hydroxylation sites is 2. The molecule has 0 aliphatic carbocycles. The van der Waals surface area contributed by atoms with Crippen molar-refractivity contribution in [1.29, 1.82) is 0 Å². The topological polar surface area (TPSA) is 6.48 Å². The molecule has 0 aromatic heterocycles. The van der Waals surface area contributed by atoms with E-state index in [9.17, 15) is 0 Å². The molecule has 66 heavy (non-hydrogen) atoms. The zero-order valence-corrected chi connectivity index (χ0v) is 36.3. The van der Waals surface area contributed by atoms with E-state index in [1.165, 1.54) is 65.3 Å². The molecule has 0 amide bonds. The maximum atomic E-state index is 2.36. The molecule has 0 saturated heterocycles.